The lowest BCUT2D eigenvalue weighted by Gasteiger charge is -2.27. The van der Waals surface area contributed by atoms with E-state index < -0.39 is 0 Å². The van der Waals surface area contributed by atoms with Crippen LogP contribution >= 0.6 is 0 Å². The molecule has 1 N–H and O–H groups in total. The van der Waals surface area contributed by atoms with Crippen LogP contribution in [0.15, 0.2) is 24.4 Å². The number of carbonyl (C=O) groups excluding carboxylic acids is 2. The number of ether oxygens (including phenoxy) is 1. The molecule has 0 aromatic carbocycles. The monoisotopic (exact) mass is 399 g/mol. The van der Waals surface area contributed by atoms with E-state index in [0.717, 1.165) is 24.2 Å². The van der Waals surface area contributed by atoms with E-state index in [1.165, 1.54) is 0 Å². The maximum absolute atomic E-state index is 12.8. The summed E-state index contributed by atoms with van der Waals surface area (Å²) in [6.45, 7) is 6.90. The van der Waals surface area contributed by atoms with Gasteiger partial charge < -0.3 is 15.0 Å². The van der Waals surface area contributed by atoms with Crippen LogP contribution in [0.5, 0.6) is 0 Å². The second-order valence-corrected chi connectivity index (χ2v) is 7.62. The molecule has 0 unspecified atom stereocenters. The smallest absolute Gasteiger partial charge is 0.272 e. The van der Waals surface area contributed by atoms with Gasteiger partial charge >= 0.3 is 0 Å². The summed E-state index contributed by atoms with van der Waals surface area (Å²) in [5, 5.41) is 7.47. The lowest BCUT2D eigenvalue weighted by atomic mass is 10.0. The summed E-state index contributed by atoms with van der Waals surface area (Å²) in [5.74, 6) is 0.185. The van der Waals surface area contributed by atoms with Crippen molar-refractivity contribution < 1.29 is 14.3 Å². The van der Waals surface area contributed by atoms with E-state index in [-0.39, 0.29) is 11.8 Å². The molecule has 2 aromatic rings. The van der Waals surface area contributed by atoms with Crippen LogP contribution < -0.4 is 5.32 Å². The molecule has 2 amide bonds. The minimum absolute atomic E-state index is 0.128. The van der Waals surface area contributed by atoms with Gasteiger partial charge in [-0.05, 0) is 24.5 Å². The average Bonchev–Trinajstić information content (AvgIpc) is 3.10. The summed E-state index contributed by atoms with van der Waals surface area (Å²) in [6.07, 6.45) is 3.26. The third-order valence-corrected chi connectivity index (χ3v) is 5.03. The molecule has 0 aliphatic carbocycles. The molecule has 3 heterocycles. The van der Waals surface area contributed by atoms with Gasteiger partial charge in [0.25, 0.3) is 11.8 Å². The van der Waals surface area contributed by atoms with Gasteiger partial charge in [-0.2, -0.15) is 5.10 Å². The van der Waals surface area contributed by atoms with Gasteiger partial charge in [-0.25, -0.2) is 0 Å². The molecule has 0 atom stereocenters. The number of fused-ring (bicyclic) bond motifs is 1. The molecular weight excluding hydrogens is 370 g/mol. The molecule has 29 heavy (non-hydrogen) atoms. The molecule has 2 aromatic heterocycles. The van der Waals surface area contributed by atoms with Crippen molar-refractivity contribution in [2.45, 2.75) is 39.8 Å². The van der Waals surface area contributed by atoms with Gasteiger partial charge in [0.1, 0.15) is 5.69 Å². The third kappa shape index (κ3) is 5.00. The first-order valence-electron chi connectivity index (χ1n) is 10.1. The fraction of sp³-hybridized carbons (Fsp3) is 0.524. The zero-order valence-electron chi connectivity index (χ0n) is 17.4. The predicted molar refractivity (Wildman–Crippen MR) is 109 cm³/mol. The van der Waals surface area contributed by atoms with Gasteiger partial charge in [0, 0.05) is 50.6 Å². The number of amides is 2. The Balaban J connectivity index is 1.84. The van der Waals surface area contributed by atoms with Crippen LogP contribution in [0.25, 0.3) is 0 Å². The van der Waals surface area contributed by atoms with Crippen LogP contribution in [-0.2, 0) is 24.2 Å². The molecule has 1 aliphatic heterocycles. The molecule has 0 saturated carbocycles. The summed E-state index contributed by atoms with van der Waals surface area (Å²) in [7, 11) is 1.59. The lowest BCUT2D eigenvalue weighted by Crippen LogP contribution is -2.37. The van der Waals surface area contributed by atoms with E-state index in [1.54, 1.807) is 36.4 Å². The molecule has 0 saturated heterocycles. The van der Waals surface area contributed by atoms with E-state index in [1.807, 2.05) is 4.68 Å². The van der Waals surface area contributed by atoms with Crippen molar-refractivity contribution in [3.63, 3.8) is 0 Å². The number of rotatable bonds is 8. The van der Waals surface area contributed by atoms with Crippen LogP contribution in [-0.4, -0.2) is 58.3 Å². The quantitative estimate of drug-likeness (QED) is 0.685. The van der Waals surface area contributed by atoms with Gasteiger partial charge in [0.05, 0.1) is 13.2 Å². The van der Waals surface area contributed by atoms with Crippen molar-refractivity contribution in [2.24, 2.45) is 5.92 Å². The van der Waals surface area contributed by atoms with E-state index in [2.05, 4.69) is 29.2 Å². The number of methoxy groups -OCH3 is 1. The van der Waals surface area contributed by atoms with Crippen LogP contribution in [0.4, 0.5) is 0 Å². The number of nitrogens with zero attached hydrogens (tertiary/aromatic N) is 4. The Morgan fingerprint density at radius 3 is 2.83 bits per heavy atom. The number of hydrogen-bond donors (Lipinski definition) is 1. The summed E-state index contributed by atoms with van der Waals surface area (Å²) >= 11 is 0. The van der Waals surface area contributed by atoms with Crippen molar-refractivity contribution in [2.75, 3.05) is 26.8 Å². The number of hydrogen-bond acceptors (Lipinski definition) is 5. The molecule has 0 spiro atoms. The number of aryl methyl sites for hydroxylation is 1. The number of pyridine rings is 1. The average molecular weight is 399 g/mol. The molecule has 3 rings (SSSR count). The van der Waals surface area contributed by atoms with Crippen LogP contribution in [0.1, 0.15) is 52.5 Å². The van der Waals surface area contributed by atoms with E-state index in [4.69, 9.17) is 4.74 Å². The zero-order chi connectivity index (χ0) is 20.8. The standard InChI is InChI=1S/C21H29N5O3/c1-15(2)7-12-26-18-8-11-25(21(28)17-6-4-5-9-22-17)14-16(18)19(24-26)20(27)23-10-13-29-3/h4-6,9,15H,7-8,10-14H2,1-3H3,(H,23,27). The first-order valence-corrected chi connectivity index (χ1v) is 10.1. The van der Waals surface area contributed by atoms with E-state index in [9.17, 15) is 9.59 Å². The molecule has 0 radical (unpaired) electrons. The van der Waals surface area contributed by atoms with Gasteiger partial charge in [-0.1, -0.05) is 19.9 Å². The highest BCUT2D eigenvalue weighted by atomic mass is 16.5. The minimum atomic E-state index is -0.228. The molecule has 8 heteroatoms. The first-order chi connectivity index (χ1) is 14.0. The van der Waals surface area contributed by atoms with Crippen molar-refractivity contribution in [3.05, 3.63) is 47.0 Å². The maximum Gasteiger partial charge on any atom is 0.272 e. The Bertz CT molecular complexity index is 848. The van der Waals surface area contributed by atoms with Gasteiger partial charge in [0.2, 0.25) is 0 Å². The largest absolute Gasteiger partial charge is 0.383 e. The summed E-state index contributed by atoms with van der Waals surface area (Å²) in [6, 6.07) is 5.29. The predicted octanol–water partition coefficient (Wildman–Crippen LogP) is 1.90. The topological polar surface area (TPSA) is 89.4 Å². The normalized spacial score (nSPS) is 13.4. The zero-order valence-corrected chi connectivity index (χ0v) is 17.4. The SMILES string of the molecule is COCCNC(=O)c1nn(CCC(C)C)c2c1CN(C(=O)c1ccccn1)CC2. The van der Waals surface area contributed by atoms with Gasteiger partial charge in [-0.15, -0.1) is 0 Å². The van der Waals surface area contributed by atoms with Gasteiger partial charge in [-0.3, -0.25) is 19.3 Å². The minimum Gasteiger partial charge on any atom is -0.383 e. The fourth-order valence-electron chi connectivity index (χ4n) is 3.41. The van der Waals surface area contributed by atoms with Gasteiger partial charge in [0.15, 0.2) is 5.69 Å². The van der Waals surface area contributed by atoms with Crippen molar-refractivity contribution in [1.29, 1.82) is 0 Å². The highest BCUT2D eigenvalue weighted by Gasteiger charge is 2.30. The number of nitrogens with one attached hydrogen (secondary N) is 1. The molecule has 1 aliphatic rings. The molecule has 0 bridgehead atoms. The molecule has 8 nitrogen and oxygen atoms in total. The second-order valence-electron chi connectivity index (χ2n) is 7.62. The highest BCUT2D eigenvalue weighted by molar-refractivity contribution is 5.95. The Morgan fingerprint density at radius 1 is 1.31 bits per heavy atom. The van der Waals surface area contributed by atoms with Crippen LogP contribution in [0.3, 0.4) is 0 Å². The lowest BCUT2D eigenvalue weighted by molar-refractivity contribution is 0.0724. The summed E-state index contributed by atoms with van der Waals surface area (Å²) < 4.78 is 6.96. The fourth-order valence-corrected chi connectivity index (χ4v) is 3.41. The molecular formula is C21H29N5O3. The second kappa shape index (κ2) is 9.65. The van der Waals surface area contributed by atoms with Crippen molar-refractivity contribution in [1.82, 2.24) is 25.0 Å². The van der Waals surface area contributed by atoms with E-state index >= 15 is 0 Å². The molecule has 156 valence electrons. The Hall–Kier alpha value is -2.74. The first kappa shape index (κ1) is 21.0. The van der Waals surface area contributed by atoms with E-state index in [0.29, 0.717) is 50.0 Å². The Kier molecular flexibility index (Phi) is 6.98. The number of aromatic nitrogens is 3. The summed E-state index contributed by atoms with van der Waals surface area (Å²) in [5.41, 5.74) is 2.69. The van der Waals surface area contributed by atoms with Crippen LogP contribution in [0.2, 0.25) is 0 Å². The van der Waals surface area contributed by atoms with Crippen molar-refractivity contribution >= 4 is 11.8 Å². The van der Waals surface area contributed by atoms with Crippen LogP contribution in [0, 0.1) is 5.92 Å². The Morgan fingerprint density at radius 2 is 2.14 bits per heavy atom. The number of carbonyl (C=O) groups is 2. The molecule has 0 fully saturated rings. The van der Waals surface area contributed by atoms with Crippen molar-refractivity contribution in [3.8, 4) is 0 Å². The highest BCUT2D eigenvalue weighted by Crippen LogP contribution is 2.24. The Labute approximate surface area is 171 Å². The third-order valence-electron chi connectivity index (χ3n) is 5.03. The summed E-state index contributed by atoms with van der Waals surface area (Å²) in [4.78, 5) is 31.5. The maximum atomic E-state index is 12.8.